The van der Waals surface area contributed by atoms with Crippen LogP contribution in [0.3, 0.4) is 0 Å². The molecule has 0 saturated carbocycles. The van der Waals surface area contributed by atoms with E-state index in [0.29, 0.717) is 12.8 Å². The van der Waals surface area contributed by atoms with Crippen molar-refractivity contribution in [3.8, 4) is 6.07 Å². The fourth-order valence-corrected chi connectivity index (χ4v) is 2.40. The molecule has 1 aliphatic rings. The van der Waals surface area contributed by atoms with Crippen molar-refractivity contribution in [3.63, 3.8) is 0 Å². The van der Waals surface area contributed by atoms with E-state index in [0.717, 1.165) is 21.9 Å². The predicted molar refractivity (Wildman–Crippen MR) is 59.7 cm³/mol. The molecule has 3 rings (SSSR count). The number of hydrogen-bond acceptors (Lipinski definition) is 4. The van der Waals surface area contributed by atoms with Crippen molar-refractivity contribution in [2.75, 3.05) is 0 Å². The Kier molecular flexibility index (Phi) is 1.86. The van der Waals surface area contributed by atoms with Gasteiger partial charge in [-0.15, -0.1) is 0 Å². The standard InChI is InChI=1S/C12H8N4O/c13-6-12(16-7-17)1-8-2-14-3-9-4-15-5-10(12)11(8)9/h2-5,7H,1H2,(H,16,17). The topological polar surface area (TPSA) is 78.7 Å². The number of nitriles is 1. The van der Waals surface area contributed by atoms with Crippen LogP contribution in [0.2, 0.25) is 0 Å². The van der Waals surface area contributed by atoms with Crippen LogP contribution in [-0.4, -0.2) is 16.4 Å². The van der Waals surface area contributed by atoms with Gasteiger partial charge in [0.15, 0.2) is 5.54 Å². The Bertz CT molecular complexity index is 656. The lowest BCUT2D eigenvalue weighted by molar-refractivity contribution is -0.110. The molecule has 1 unspecified atom stereocenters. The number of rotatable bonds is 2. The summed E-state index contributed by atoms with van der Waals surface area (Å²) in [6.45, 7) is 0. The van der Waals surface area contributed by atoms with Crippen molar-refractivity contribution >= 4 is 17.2 Å². The summed E-state index contributed by atoms with van der Waals surface area (Å²) in [4.78, 5) is 18.9. The molecule has 1 N–H and O–H groups in total. The number of nitrogens with zero attached hydrogens (tertiary/aromatic N) is 3. The van der Waals surface area contributed by atoms with Crippen molar-refractivity contribution in [1.82, 2.24) is 15.3 Å². The molecule has 0 saturated heterocycles. The zero-order valence-electron chi connectivity index (χ0n) is 8.84. The smallest absolute Gasteiger partial charge is 0.208 e. The van der Waals surface area contributed by atoms with Gasteiger partial charge in [-0.05, 0) is 10.9 Å². The van der Waals surface area contributed by atoms with Crippen molar-refractivity contribution in [3.05, 3.63) is 35.9 Å². The van der Waals surface area contributed by atoms with Gasteiger partial charge in [-0.3, -0.25) is 14.8 Å². The summed E-state index contributed by atoms with van der Waals surface area (Å²) in [6.07, 6.45) is 7.79. The Morgan fingerprint density at radius 1 is 1.35 bits per heavy atom. The zero-order valence-corrected chi connectivity index (χ0v) is 8.84. The third-order valence-corrected chi connectivity index (χ3v) is 3.15. The largest absolute Gasteiger partial charge is 0.336 e. The van der Waals surface area contributed by atoms with Crippen LogP contribution in [0.1, 0.15) is 11.1 Å². The minimum Gasteiger partial charge on any atom is -0.336 e. The number of amides is 1. The second-order valence-corrected chi connectivity index (χ2v) is 4.04. The van der Waals surface area contributed by atoms with Crippen LogP contribution >= 0.6 is 0 Å². The molecule has 5 nitrogen and oxygen atoms in total. The molecule has 0 bridgehead atoms. The van der Waals surface area contributed by atoms with Crippen LogP contribution in [0.5, 0.6) is 0 Å². The van der Waals surface area contributed by atoms with E-state index >= 15 is 0 Å². The van der Waals surface area contributed by atoms with Crippen molar-refractivity contribution < 1.29 is 4.79 Å². The number of carbonyl (C=O) groups is 1. The van der Waals surface area contributed by atoms with Crippen molar-refractivity contribution in [1.29, 1.82) is 5.26 Å². The fraction of sp³-hybridized carbons (Fsp3) is 0.167. The maximum atomic E-state index is 10.7. The molecular weight excluding hydrogens is 216 g/mol. The fourth-order valence-electron chi connectivity index (χ4n) is 2.40. The molecule has 0 radical (unpaired) electrons. The Morgan fingerprint density at radius 3 is 2.82 bits per heavy atom. The third kappa shape index (κ3) is 1.15. The van der Waals surface area contributed by atoms with E-state index in [9.17, 15) is 10.1 Å². The summed E-state index contributed by atoms with van der Waals surface area (Å²) in [6, 6.07) is 2.18. The molecule has 5 heteroatoms. The summed E-state index contributed by atoms with van der Waals surface area (Å²) in [5, 5.41) is 13.8. The van der Waals surface area contributed by atoms with Gasteiger partial charge in [-0.2, -0.15) is 5.26 Å². The van der Waals surface area contributed by atoms with E-state index in [-0.39, 0.29) is 0 Å². The van der Waals surface area contributed by atoms with E-state index in [4.69, 9.17) is 0 Å². The molecule has 0 aromatic carbocycles. The van der Waals surface area contributed by atoms with Gasteiger partial charge >= 0.3 is 0 Å². The maximum Gasteiger partial charge on any atom is 0.208 e. The number of aromatic nitrogens is 2. The number of hydrogen-bond donors (Lipinski definition) is 1. The van der Waals surface area contributed by atoms with Crippen LogP contribution in [0.4, 0.5) is 0 Å². The maximum absolute atomic E-state index is 10.7. The quantitative estimate of drug-likeness (QED) is 0.759. The lowest BCUT2D eigenvalue weighted by atomic mass is 9.94. The number of carbonyl (C=O) groups excluding carboxylic acids is 1. The summed E-state index contributed by atoms with van der Waals surface area (Å²) >= 11 is 0. The van der Waals surface area contributed by atoms with Gasteiger partial charge in [0.1, 0.15) is 0 Å². The highest BCUT2D eigenvalue weighted by molar-refractivity contribution is 5.91. The van der Waals surface area contributed by atoms with Gasteiger partial charge in [0.2, 0.25) is 6.41 Å². The Balaban J connectivity index is 2.36. The number of nitrogens with one attached hydrogen (secondary N) is 1. The average Bonchev–Trinajstić information content (AvgIpc) is 2.68. The molecule has 2 heterocycles. The van der Waals surface area contributed by atoms with Crippen molar-refractivity contribution in [2.45, 2.75) is 12.0 Å². The lowest BCUT2D eigenvalue weighted by Gasteiger charge is -2.20. The molecule has 17 heavy (non-hydrogen) atoms. The van der Waals surface area contributed by atoms with E-state index in [1.54, 1.807) is 24.8 Å². The minimum atomic E-state index is -1.00. The Morgan fingerprint density at radius 2 is 2.12 bits per heavy atom. The summed E-state index contributed by atoms with van der Waals surface area (Å²) in [5.74, 6) is 0. The van der Waals surface area contributed by atoms with Gasteiger partial charge in [0, 0.05) is 42.2 Å². The van der Waals surface area contributed by atoms with Crippen molar-refractivity contribution in [2.24, 2.45) is 0 Å². The highest BCUT2D eigenvalue weighted by Gasteiger charge is 2.40. The number of pyridine rings is 2. The van der Waals surface area contributed by atoms with Gasteiger partial charge < -0.3 is 5.32 Å². The van der Waals surface area contributed by atoms with Gasteiger partial charge in [-0.1, -0.05) is 0 Å². The summed E-state index contributed by atoms with van der Waals surface area (Å²) < 4.78 is 0. The van der Waals surface area contributed by atoms with E-state index < -0.39 is 5.54 Å². The zero-order chi connectivity index (χ0) is 11.9. The summed E-state index contributed by atoms with van der Waals surface area (Å²) in [7, 11) is 0. The first-order valence-electron chi connectivity index (χ1n) is 5.14. The van der Waals surface area contributed by atoms with Crippen LogP contribution < -0.4 is 5.32 Å². The molecule has 0 fully saturated rings. The molecule has 82 valence electrons. The molecule has 2 aromatic rings. The highest BCUT2D eigenvalue weighted by atomic mass is 16.1. The first-order chi connectivity index (χ1) is 8.30. The summed E-state index contributed by atoms with van der Waals surface area (Å²) in [5.41, 5.74) is 0.720. The van der Waals surface area contributed by atoms with Gasteiger partial charge in [0.05, 0.1) is 6.07 Å². The van der Waals surface area contributed by atoms with Crippen LogP contribution in [-0.2, 0) is 16.8 Å². The molecular formula is C12H8N4O. The first kappa shape index (κ1) is 9.73. The van der Waals surface area contributed by atoms with E-state index in [1.165, 1.54) is 0 Å². The minimum absolute atomic E-state index is 0.438. The molecule has 0 spiro atoms. The normalized spacial score (nSPS) is 21.1. The first-order valence-corrected chi connectivity index (χ1v) is 5.14. The third-order valence-electron chi connectivity index (χ3n) is 3.15. The second-order valence-electron chi connectivity index (χ2n) is 4.04. The molecule has 2 aromatic heterocycles. The van der Waals surface area contributed by atoms with E-state index in [1.807, 2.05) is 0 Å². The Hall–Kier alpha value is -2.48. The predicted octanol–water partition coefficient (Wildman–Crippen LogP) is 0.651. The second kappa shape index (κ2) is 3.25. The monoisotopic (exact) mass is 224 g/mol. The van der Waals surface area contributed by atoms with Crippen LogP contribution in [0.15, 0.2) is 24.8 Å². The average molecular weight is 224 g/mol. The molecule has 1 atom stereocenters. The molecule has 0 aliphatic heterocycles. The molecule has 1 amide bonds. The van der Waals surface area contributed by atoms with Crippen LogP contribution in [0.25, 0.3) is 10.8 Å². The highest BCUT2D eigenvalue weighted by Crippen LogP contribution is 2.39. The van der Waals surface area contributed by atoms with Crippen LogP contribution in [0, 0.1) is 11.3 Å². The molecule has 1 aliphatic carbocycles. The van der Waals surface area contributed by atoms with Gasteiger partial charge in [0.25, 0.3) is 0 Å². The lowest BCUT2D eigenvalue weighted by Crippen LogP contribution is -2.40. The van der Waals surface area contributed by atoms with E-state index in [2.05, 4.69) is 21.4 Å². The SMILES string of the molecule is N#CC1(NC=O)Cc2cncc3cncc1c23. The van der Waals surface area contributed by atoms with Gasteiger partial charge in [-0.25, -0.2) is 0 Å². The Labute approximate surface area is 97.1 Å².